The minimum Gasteiger partial charge on any atom is -0.298 e. The van der Waals surface area contributed by atoms with Crippen molar-refractivity contribution in [2.24, 2.45) is 0 Å². The van der Waals surface area contributed by atoms with Gasteiger partial charge in [0.2, 0.25) is 0 Å². The van der Waals surface area contributed by atoms with Crippen LogP contribution in [-0.4, -0.2) is 6.29 Å². The number of benzene rings is 2. The number of rotatable bonds is 3. The van der Waals surface area contributed by atoms with Crippen LogP contribution in [0.1, 0.15) is 15.9 Å². The molecule has 0 spiro atoms. The predicted molar refractivity (Wildman–Crippen MR) is 67.1 cm³/mol. The van der Waals surface area contributed by atoms with Gasteiger partial charge in [-0.25, -0.2) is 4.39 Å². The number of aldehydes is 1. The lowest BCUT2D eigenvalue weighted by atomic mass is 10.2. The third kappa shape index (κ3) is 2.74. The molecule has 0 aliphatic carbocycles. The molecule has 0 aliphatic rings. The molecule has 0 atom stereocenters. The van der Waals surface area contributed by atoms with E-state index in [9.17, 15) is 9.18 Å². The van der Waals surface area contributed by atoms with Crippen molar-refractivity contribution in [1.82, 2.24) is 0 Å². The number of hydrogen-bond acceptors (Lipinski definition) is 2. The maximum Gasteiger partial charge on any atom is 0.154 e. The average Bonchev–Trinajstić information content (AvgIpc) is 2.29. The summed E-state index contributed by atoms with van der Waals surface area (Å²) >= 11 is 1.40. The lowest BCUT2D eigenvalue weighted by Gasteiger charge is -2.05. The zero-order valence-corrected chi connectivity index (χ0v) is 10.1. The van der Waals surface area contributed by atoms with Gasteiger partial charge in [0.05, 0.1) is 5.56 Å². The minimum atomic E-state index is -0.474. The largest absolute Gasteiger partial charge is 0.298 e. The first-order valence-corrected chi connectivity index (χ1v) is 6.00. The molecule has 0 unspecified atom stereocenters. The summed E-state index contributed by atoms with van der Waals surface area (Å²) in [5.41, 5.74) is 1.26. The molecule has 0 heterocycles. The fourth-order valence-electron chi connectivity index (χ4n) is 1.53. The van der Waals surface area contributed by atoms with Crippen LogP contribution in [0.25, 0.3) is 0 Å². The van der Waals surface area contributed by atoms with Crippen LogP contribution in [0.15, 0.2) is 52.3 Å². The summed E-state index contributed by atoms with van der Waals surface area (Å²) in [6, 6.07) is 12.5. The quantitative estimate of drug-likeness (QED) is 0.758. The van der Waals surface area contributed by atoms with E-state index in [2.05, 4.69) is 0 Å². The maximum atomic E-state index is 13.4. The third-order valence-electron chi connectivity index (χ3n) is 2.35. The molecule has 1 nitrogen and oxygen atoms in total. The first-order valence-electron chi connectivity index (χ1n) is 5.19. The molecule has 0 amide bonds. The van der Waals surface area contributed by atoms with Gasteiger partial charge in [0, 0.05) is 9.79 Å². The Labute approximate surface area is 104 Å². The minimum absolute atomic E-state index is 0.124. The molecule has 2 rings (SSSR count). The van der Waals surface area contributed by atoms with Crippen molar-refractivity contribution in [1.29, 1.82) is 0 Å². The lowest BCUT2D eigenvalue weighted by molar-refractivity contribution is 0.111. The topological polar surface area (TPSA) is 17.1 Å². The van der Waals surface area contributed by atoms with Gasteiger partial charge in [0.1, 0.15) is 5.82 Å². The van der Waals surface area contributed by atoms with Crippen LogP contribution in [0.2, 0.25) is 0 Å². The van der Waals surface area contributed by atoms with E-state index >= 15 is 0 Å². The second kappa shape index (κ2) is 5.15. The van der Waals surface area contributed by atoms with Crippen LogP contribution < -0.4 is 0 Å². The Kier molecular flexibility index (Phi) is 3.59. The van der Waals surface area contributed by atoms with Crippen LogP contribution in [0, 0.1) is 12.7 Å². The molecule has 0 fully saturated rings. The van der Waals surface area contributed by atoms with Crippen LogP contribution in [-0.2, 0) is 0 Å². The van der Waals surface area contributed by atoms with E-state index < -0.39 is 5.82 Å². The molecule has 0 saturated heterocycles. The summed E-state index contributed by atoms with van der Waals surface area (Å²) in [4.78, 5) is 12.5. The van der Waals surface area contributed by atoms with E-state index in [1.54, 1.807) is 12.1 Å². The number of carbonyl (C=O) groups excluding carboxylic acids is 1. The van der Waals surface area contributed by atoms with Crippen LogP contribution in [0.3, 0.4) is 0 Å². The maximum absolute atomic E-state index is 13.4. The molecule has 0 saturated carbocycles. The van der Waals surface area contributed by atoms with Crippen molar-refractivity contribution in [2.75, 3.05) is 0 Å². The molecular formula is C14H11FOS. The van der Waals surface area contributed by atoms with E-state index in [1.165, 1.54) is 17.8 Å². The Bertz CT molecular complexity index is 552. The highest BCUT2D eigenvalue weighted by atomic mass is 32.2. The normalized spacial score (nSPS) is 10.2. The van der Waals surface area contributed by atoms with Crippen LogP contribution in [0.5, 0.6) is 0 Å². The van der Waals surface area contributed by atoms with E-state index in [-0.39, 0.29) is 5.56 Å². The van der Waals surface area contributed by atoms with Crippen molar-refractivity contribution in [3.8, 4) is 0 Å². The van der Waals surface area contributed by atoms with Crippen molar-refractivity contribution in [2.45, 2.75) is 16.7 Å². The van der Waals surface area contributed by atoms with Gasteiger partial charge in [-0.1, -0.05) is 35.5 Å². The van der Waals surface area contributed by atoms with Gasteiger partial charge < -0.3 is 0 Å². The fourth-order valence-corrected chi connectivity index (χ4v) is 2.57. The zero-order valence-electron chi connectivity index (χ0n) is 9.31. The Morgan fingerprint density at radius 1 is 1.18 bits per heavy atom. The first kappa shape index (κ1) is 11.9. The van der Waals surface area contributed by atoms with Crippen molar-refractivity contribution in [3.63, 3.8) is 0 Å². The summed E-state index contributed by atoms with van der Waals surface area (Å²) in [6.45, 7) is 2.00. The van der Waals surface area contributed by atoms with Crippen molar-refractivity contribution in [3.05, 3.63) is 59.4 Å². The Hall–Kier alpha value is -1.61. The second-order valence-electron chi connectivity index (χ2n) is 3.69. The van der Waals surface area contributed by atoms with Gasteiger partial charge >= 0.3 is 0 Å². The monoisotopic (exact) mass is 246 g/mol. The molecule has 3 heteroatoms. The van der Waals surface area contributed by atoms with Gasteiger partial charge in [0.15, 0.2) is 6.29 Å². The Morgan fingerprint density at radius 3 is 2.65 bits per heavy atom. The molecule has 0 bridgehead atoms. The van der Waals surface area contributed by atoms with E-state index in [1.807, 2.05) is 31.2 Å². The van der Waals surface area contributed by atoms with Gasteiger partial charge in [-0.05, 0) is 31.2 Å². The summed E-state index contributed by atoms with van der Waals surface area (Å²) in [7, 11) is 0. The Balaban J connectivity index is 2.36. The summed E-state index contributed by atoms with van der Waals surface area (Å²) in [5, 5.41) is 0. The predicted octanol–water partition coefficient (Wildman–Crippen LogP) is 4.10. The van der Waals surface area contributed by atoms with E-state index in [0.717, 1.165) is 10.5 Å². The molecular weight excluding hydrogens is 235 g/mol. The molecule has 17 heavy (non-hydrogen) atoms. The second-order valence-corrected chi connectivity index (χ2v) is 4.80. The van der Waals surface area contributed by atoms with Gasteiger partial charge in [-0.15, -0.1) is 0 Å². The van der Waals surface area contributed by atoms with Gasteiger partial charge in [0.25, 0.3) is 0 Å². The van der Waals surface area contributed by atoms with Gasteiger partial charge in [-0.2, -0.15) is 0 Å². The highest BCUT2D eigenvalue weighted by Crippen LogP contribution is 2.31. The summed E-state index contributed by atoms with van der Waals surface area (Å²) in [5.74, 6) is -0.474. The molecule has 0 aliphatic heterocycles. The van der Waals surface area contributed by atoms with Crippen molar-refractivity contribution < 1.29 is 9.18 Å². The highest BCUT2D eigenvalue weighted by molar-refractivity contribution is 7.99. The number of halogens is 1. The molecule has 2 aromatic carbocycles. The standard InChI is InChI=1S/C14H11FOS/c1-10-4-2-5-11(8-10)17-14-7-3-6-13(15)12(14)9-16/h2-9H,1H3. The van der Waals surface area contributed by atoms with Crippen LogP contribution in [0.4, 0.5) is 4.39 Å². The summed E-state index contributed by atoms with van der Waals surface area (Å²) < 4.78 is 13.4. The zero-order chi connectivity index (χ0) is 12.3. The Morgan fingerprint density at radius 2 is 1.94 bits per heavy atom. The number of carbonyl (C=O) groups is 1. The third-order valence-corrected chi connectivity index (χ3v) is 3.41. The molecule has 2 aromatic rings. The van der Waals surface area contributed by atoms with Crippen molar-refractivity contribution >= 4 is 18.0 Å². The number of aryl methyl sites for hydroxylation is 1. The lowest BCUT2D eigenvalue weighted by Crippen LogP contribution is -1.90. The molecule has 86 valence electrons. The highest BCUT2D eigenvalue weighted by Gasteiger charge is 2.08. The average molecular weight is 246 g/mol. The molecule has 0 radical (unpaired) electrons. The van der Waals surface area contributed by atoms with Crippen LogP contribution >= 0.6 is 11.8 Å². The van der Waals surface area contributed by atoms with E-state index in [4.69, 9.17) is 0 Å². The molecule has 0 N–H and O–H groups in total. The van der Waals surface area contributed by atoms with E-state index in [0.29, 0.717) is 11.2 Å². The smallest absolute Gasteiger partial charge is 0.154 e. The SMILES string of the molecule is Cc1cccc(Sc2cccc(F)c2C=O)c1. The fraction of sp³-hybridized carbons (Fsp3) is 0.0714. The van der Waals surface area contributed by atoms with Gasteiger partial charge in [-0.3, -0.25) is 4.79 Å². The molecule has 0 aromatic heterocycles. The number of hydrogen-bond donors (Lipinski definition) is 0. The summed E-state index contributed by atoms with van der Waals surface area (Å²) in [6.07, 6.45) is 0.563. The first-order chi connectivity index (χ1) is 8.20.